The number of aliphatic carboxylic acids is 1. The second-order valence-electron chi connectivity index (χ2n) is 3.29. The Labute approximate surface area is 76.5 Å². The first kappa shape index (κ1) is 8.05. The maximum atomic E-state index is 10.9. The van der Waals surface area contributed by atoms with Gasteiger partial charge < -0.3 is 5.11 Å². The average Bonchev–Trinajstić information content (AvgIpc) is 2.39. The van der Waals surface area contributed by atoms with Crippen molar-refractivity contribution in [2.24, 2.45) is 0 Å². The summed E-state index contributed by atoms with van der Waals surface area (Å²) in [5, 5.41) is 8.99. The topological polar surface area (TPSA) is 37.3 Å². The van der Waals surface area contributed by atoms with Crippen molar-refractivity contribution in [2.45, 2.75) is 12.8 Å². The standard InChI is InChI=1S/C11H10O2/c1-7-6-8-4-2-3-5-9(8)10(7)11(12)13/h2-6,10H,1H3,(H,12,13). The maximum Gasteiger partial charge on any atom is 0.315 e. The van der Waals surface area contributed by atoms with Crippen molar-refractivity contribution in [3.63, 3.8) is 0 Å². The number of fused-ring (bicyclic) bond motifs is 1. The minimum absolute atomic E-state index is 0.434. The highest BCUT2D eigenvalue weighted by Gasteiger charge is 2.27. The van der Waals surface area contributed by atoms with Crippen LogP contribution in [-0.4, -0.2) is 11.1 Å². The molecule has 0 aromatic heterocycles. The molecule has 1 N–H and O–H groups in total. The summed E-state index contributed by atoms with van der Waals surface area (Å²) in [7, 11) is 0. The highest BCUT2D eigenvalue weighted by Crippen LogP contribution is 2.35. The third-order valence-electron chi connectivity index (χ3n) is 2.39. The predicted molar refractivity (Wildman–Crippen MR) is 50.5 cm³/mol. The van der Waals surface area contributed by atoms with Crippen molar-refractivity contribution in [3.8, 4) is 0 Å². The molecule has 0 saturated heterocycles. The van der Waals surface area contributed by atoms with Gasteiger partial charge in [-0.05, 0) is 18.1 Å². The molecule has 0 bridgehead atoms. The Morgan fingerprint density at radius 1 is 1.38 bits per heavy atom. The van der Waals surface area contributed by atoms with Crippen LogP contribution in [0.2, 0.25) is 0 Å². The van der Waals surface area contributed by atoms with Gasteiger partial charge >= 0.3 is 5.97 Å². The number of carboxylic acid groups (broad SMARTS) is 1. The van der Waals surface area contributed by atoms with Crippen LogP contribution in [0.5, 0.6) is 0 Å². The van der Waals surface area contributed by atoms with E-state index in [1.54, 1.807) is 0 Å². The summed E-state index contributed by atoms with van der Waals surface area (Å²) in [6.45, 7) is 1.86. The molecule has 0 spiro atoms. The molecule has 0 saturated carbocycles. The first-order valence-electron chi connectivity index (χ1n) is 4.20. The zero-order chi connectivity index (χ0) is 9.42. The summed E-state index contributed by atoms with van der Waals surface area (Å²) in [6.07, 6.45) is 1.94. The Kier molecular flexibility index (Phi) is 1.69. The van der Waals surface area contributed by atoms with E-state index in [4.69, 9.17) is 5.11 Å². The van der Waals surface area contributed by atoms with Crippen molar-refractivity contribution in [1.29, 1.82) is 0 Å². The fourth-order valence-corrected chi connectivity index (χ4v) is 1.81. The molecule has 1 aliphatic carbocycles. The Morgan fingerprint density at radius 3 is 2.77 bits per heavy atom. The first-order chi connectivity index (χ1) is 6.20. The zero-order valence-corrected chi connectivity index (χ0v) is 7.32. The lowest BCUT2D eigenvalue weighted by Crippen LogP contribution is -2.10. The third-order valence-corrected chi connectivity index (χ3v) is 2.39. The van der Waals surface area contributed by atoms with Crippen LogP contribution >= 0.6 is 0 Å². The monoisotopic (exact) mass is 174 g/mol. The van der Waals surface area contributed by atoms with E-state index in [9.17, 15) is 4.79 Å². The van der Waals surface area contributed by atoms with Crippen molar-refractivity contribution in [2.75, 3.05) is 0 Å². The maximum absolute atomic E-state index is 10.9. The molecule has 1 aliphatic rings. The largest absolute Gasteiger partial charge is 0.481 e. The molecule has 0 radical (unpaired) electrons. The summed E-state index contributed by atoms with van der Waals surface area (Å²) in [4.78, 5) is 10.9. The van der Waals surface area contributed by atoms with Gasteiger partial charge in [-0.2, -0.15) is 0 Å². The minimum atomic E-state index is -0.765. The summed E-state index contributed by atoms with van der Waals surface area (Å²) in [6, 6.07) is 7.62. The Balaban J connectivity index is 2.55. The van der Waals surface area contributed by atoms with Crippen molar-refractivity contribution >= 4 is 12.0 Å². The molecule has 1 atom stereocenters. The first-order valence-corrected chi connectivity index (χ1v) is 4.20. The number of hydrogen-bond donors (Lipinski definition) is 1. The molecule has 2 nitrogen and oxygen atoms in total. The van der Waals surface area contributed by atoms with Gasteiger partial charge in [0.05, 0.1) is 0 Å². The van der Waals surface area contributed by atoms with Crippen molar-refractivity contribution in [3.05, 3.63) is 41.0 Å². The van der Waals surface area contributed by atoms with Gasteiger partial charge in [-0.25, -0.2) is 0 Å². The van der Waals surface area contributed by atoms with Gasteiger partial charge in [0.15, 0.2) is 0 Å². The van der Waals surface area contributed by atoms with E-state index in [0.717, 1.165) is 16.7 Å². The zero-order valence-electron chi connectivity index (χ0n) is 7.32. The Morgan fingerprint density at radius 2 is 2.08 bits per heavy atom. The molecule has 1 unspecified atom stereocenters. The molecular weight excluding hydrogens is 164 g/mol. The van der Waals surface area contributed by atoms with Crippen LogP contribution in [0.1, 0.15) is 24.0 Å². The fraction of sp³-hybridized carbons (Fsp3) is 0.182. The highest BCUT2D eigenvalue weighted by atomic mass is 16.4. The van der Waals surface area contributed by atoms with Crippen LogP contribution < -0.4 is 0 Å². The number of carbonyl (C=O) groups is 1. The lowest BCUT2D eigenvalue weighted by atomic mass is 9.97. The molecule has 1 aromatic carbocycles. The second kappa shape index (κ2) is 2.73. The summed E-state index contributed by atoms with van der Waals surface area (Å²) >= 11 is 0. The third kappa shape index (κ3) is 1.15. The fourth-order valence-electron chi connectivity index (χ4n) is 1.81. The highest BCUT2D eigenvalue weighted by molar-refractivity contribution is 5.87. The number of carboxylic acids is 1. The van der Waals surface area contributed by atoms with E-state index < -0.39 is 11.9 Å². The smallest absolute Gasteiger partial charge is 0.315 e. The van der Waals surface area contributed by atoms with Crippen LogP contribution in [0.25, 0.3) is 6.08 Å². The summed E-state index contributed by atoms with van der Waals surface area (Å²) < 4.78 is 0. The van der Waals surface area contributed by atoms with Gasteiger partial charge in [-0.1, -0.05) is 35.9 Å². The number of rotatable bonds is 1. The van der Waals surface area contributed by atoms with E-state index in [1.807, 2.05) is 37.3 Å². The summed E-state index contributed by atoms with van der Waals surface area (Å²) in [5.74, 6) is -1.20. The van der Waals surface area contributed by atoms with Gasteiger partial charge in [0, 0.05) is 0 Å². The van der Waals surface area contributed by atoms with Gasteiger partial charge in [-0.3, -0.25) is 4.79 Å². The molecule has 13 heavy (non-hydrogen) atoms. The van der Waals surface area contributed by atoms with E-state index >= 15 is 0 Å². The van der Waals surface area contributed by atoms with Gasteiger partial charge in [-0.15, -0.1) is 0 Å². The minimum Gasteiger partial charge on any atom is -0.481 e. The SMILES string of the molecule is CC1=Cc2ccccc2C1C(=O)O. The Hall–Kier alpha value is -1.57. The Bertz CT molecular complexity index is 391. The van der Waals surface area contributed by atoms with Crippen LogP contribution in [-0.2, 0) is 4.79 Å². The van der Waals surface area contributed by atoms with E-state index in [2.05, 4.69) is 0 Å². The molecule has 0 amide bonds. The molecule has 1 aromatic rings. The normalized spacial score (nSPS) is 19.5. The average molecular weight is 174 g/mol. The quantitative estimate of drug-likeness (QED) is 0.709. The molecule has 0 aliphatic heterocycles. The predicted octanol–water partition coefficient (Wildman–Crippen LogP) is 2.27. The number of hydrogen-bond acceptors (Lipinski definition) is 1. The summed E-state index contributed by atoms with van der Waals surface area (Å²) in [5.41, 5.74) is 2.86. The van der Waals surface area contributed by atoms with Crippen molar-refractivity contribution in [1.82, 2.24) is 0 Å². The molecule has 0 fully saturated rings. The van der Waals surface area contributed by atoms with Gasteiger partial charge in [0.2, 0.25) is 0 Å². The van der Waals surface area contributed by atoms with Crippen molar-refractivity contribution < 1.29 is 9.90 Å². The second-order valence-corrected chi connectivity index (χ2v) is 3.29. The van der Waals surface area contributed by atoms with Crippen LogP contribution in [0.4, 0.5) is 0 Å². The van der Waals surface area contributed by atoms with Gasteiger partial charge in [0.25, 0.3) is 0 Å². The van der Waals surface area contributed by atoms with Crippen LogP contribution in [0.3, 0.4) is 0 Å². The van der Waals surface area contributed by atoms with Gasteiger partial charge in [0.1, 0.15) is 5.92 Å². The molecule has 0 heterocycles. The van der Waals surface area contributed by atoms with E-state index in [1.165, 1.54) is 0 Å². The van der Waals surface area contributed by atoms with Crippen LogP contribution in [0.15, 0.2) is 29.8 Å². The van der Waals surface area contributed by atoms with Crippen LogP contribution in [0, 0.1) is 0 Å². The molecule has 2 heteroatoms. The lowest BCUT2D eigenvalue weighted by molar-refractivity contribution is -0.137. The molecule has 2 rings (SSSR count). The number of benzene rings is 1. The molecular formula is C11H10O2. The van der Waals surface area contributed by atoms with E-state index in [-0.39, 0.29) is 0 Å². The lowest BCUT2D eigenvalue weighted by Gasteiger charge is -2.07. The molecule has 66 valence electrons. The van der Waals surface area contributed by atoms with E-state index in [0.29, 0.717) is 0 Å².